The van der Waals surface area contributed by atoms with Gasteiger partial charge in [-0.25, -0.2) is 8.42 Å². The van der Waals surface area contributed by atoms with Crippen molar-refractivity contribution in [2.75, 3.05) is 25.1 Å². The van der Waals surface area contributed by atoms with Crippen molar-refractivity contribution < 1.29 is 8.42 Å². The normalized spacial score (nSPS) is 24.9. The molecule has 1 fully saturated rings. The molecule has 0 aromatic carbocycles. The van der Waals surface area contributed by atoms with Gasteiger partial charge in [0.2, 0.25) is 0 Å². The fourth-order valence-electron chi connectivity index (χ4n) is 1.95. The molecule has 0 radical (unpaired) electrons. The van der Waals surface area contributed by atoms with Crippen molar-refractivity contribution in [2.24, 2.45) is 11.1 Å². The summed E-state index contributed by atoms with van der Waals surface area (Å²) in [7, 11) is -0.886. The van der Waals surface area contributed by atoms with Crippen LogP contribution in [0.2, 0.25) is 0 Å². The van der Waals surface area contributed by atoms with Crippen LogP contribution >= 0.6 is 12.2 Å². The third-order valence-electron chi connectivity index (χ3n) is 3.14. The number of rotatable bonds is 4. The second-order valence-corrected chi connectivity index (χ2v) is 7.89. The summed E-state index contributed by atoms with van der Waals surface area (Å²) >= 11 is 5.00. The molecule has 0 aromatic rings. The van der Waals surface area contributed by atoms with E-state index < -0.39 is 9.84 Å². The van der Waals surface area contributed by atoms with Crippen molar-refractivity contribution in [2.45, 2.75) is 26.3 Å². The molecule has 1 saturated heterocycles. The minimum atomic E-state index is -2.82. The predicted molar refractivity (Wildman–Crippen MR) is 70.3 cm³/mol. The standard InChI is InChI=1S/C10H20N2O2S2/c1-10(2,9(11)15)7-12(3)8-4-5-16(13,14)6-8/h8H,4-7H2,1-3H3,(H2,11,15). The molecule has 1 rings (SSSR count). The Morgan fingerprint density at radius 1 is 1.56 bits per heavy atom. The first kappa shape index (κ1) is 13.9. The monoisotopic (exact) mass is 264 g/mol. The number of hydrogen-bond acceptors (Lipinski definition) is 4. The molecule has 0 saturated carbocycles. The smallest absolute Gasteiger partial charge is 0.151 e. The first-order valence-electron chi connectivity index (χ1n) is 5.35. The average Bonchev–Trinajstić information content (AvgIpc) is 2.45. The SMILES string of the molecule is CN(CC(C)(C)C(N)=S)C1CCS(=O)(=O)C1. The Balaban J connectivity index is 2.61. The van der Waals surface area contributed by atoms with Gasteiger partial charge in [-0.05, 0) is 13.5 Å². The Bertz CT molecular complexity index is 376. The van der Waals surface area contributed by atoms with Crippen molar-refractivity contribution in [3.8, 4) is 0 Å². The quantitative estimate of drug-likeness (QED) is 0.746. The second-order valence-electron chi connectivity index (χ2n) is 5.22. The summed E-state index contributed by atoms with van der Waals surface area (Å²) in [5.74, 6) is 0.562. The largest absolute Gasteiger partial charge is 0.393 e. The Labute approximate surface area is 103 Å². The highest BCUT2D eigenvalue weighted by Gasteiger charge is 2.33. The van der Waals surface area contributed by atoms with Gasteiger partial charge >= 0.3 is 0 Å². The van der Waals surface area contributed by atoms with Crippen LogP contribution in [0.25, 0.3) is 0 Å². The Morgan fingerprint density at radius 3 is 2.50 bits per heavy atom. The number of nitrogens with zero attached hydrogens (tertiary/aromatic N) is 1. The van der Waals surface area contributed by atoms with Gasteiger partial charge < -0.3 is 10.6 Å². The van der Waals surface area contributed by atoms with Crippen molar-refractivity contribution in [1.29, 1.82) is 0 Å². The van der Waals surface area contributed by atoms with Crippen LogP contribution in [0.3, 0.4) is 0 Å². The molecular formula is C10H20N2O2S2. The number of thiocarbonyl (C=S) groups is 1. The summed E-state index contributed by atoms with van der Waals surface area (Å²) in [5, 5.41) is 0. The lowest BCUT2D eigenvalue weighted by atomic mass is 9.92. The fraction of sp³-hybridized carbons (Fsp3) is 0.900. The zero-order chi connectivity index (χ0) is 12.6. The topological polar surface area (TPSA) is 63.4 Å². The van der Waals surface area contributed by atoms with Gasteiger partial charge in [-0.15, -0.1) is 0 Å². The number of hydrogen-bond donors (Lipinski definition) is 1. The summed E-state index contributed by atoms with van der Waals surface area (Å²) in [4.78, 5) is 2.53. The van der Waals surface area contributed by atoms with Crippen LogP contribution in [0, 0.1) is 5.41 Å². The van der Waals surface area contributed by atoms with E-state index in [9.17, 15) is 8.42 Å². The Hall–Kier alpha value is -0.200. The summed E-state index contributed by atoms with van der Waals surface area (Å²) in [6.07, 6.45) is 0.715. The highest BCUT2D eigenvalue weighted by Crippen LogP contribution is 2.22. The Kier molecular flexibility index (Phi) is 3.97. The molecule has 2 N–H and O–H groups in total. The lowest BCUT2D eigenvalue weighted by Crippen LogP contribution is -2.44. The lowest BCUT2D eigenvalue weighted by Gasteiger charge is -2.32. The molecule has 0 aromatic heterocycles. The van der Waals surface area contributed by atoms with Crippen LogP contribution in [0.15, 0.2) is 0 Å². The van der Waals surface area contributed by atoms with E-state index in [-0.39, 0.29) is 17.2 Å². The third kappa shape index (κ3) is 3.40. The van der Waals surface area contributed by atoms with Crippen LogP contribution in [-0.2, 0) is 9.84 Å². The van der Waals surface area contributed by atoms with E-state index in [1.54, 1.807) is 0 Å². The molecule has 1 aliphatic rings. The maximum absolute atomic E-state index is 11.4. The molecule has 4 nitrogen and oxygen atoms in total. The van der Waals surface area contributed by atoms with E-state index in [0.717, 1.165) is 0 Å². The van der Waals surface area contributed by atoms with Crippen LogP contribution < -0.4 is 5.73 Å². The van der Waals surface area contributed by atoms with Crippen molar-refractivity contribution in [1.82, 2.24) is 4.90 Å². The molecule has 1 atom stereocenters. The summed E-state index contributed by atoms with van der Waals surface area (Å²) in [6.45, 7) is 4.66. The summed E-state index contributed by atoms with van der Waals surface area (Å²) < 4.78 is 22.7. The van der Waals surface area contributed by atoms with Crippen LogP contribution in [0.5, 0.6) is 0 Å². The van der Waals surface area contributed by atoms with E-state index >= 15 is 0 Å². The van der Waals surface area contributed by atoms with E-state index in [0.29, 0.717) is 23.7 Å². The summed E-state index contributed by atoms with van der Waals surface area (Å²) in [5.41, 5.74) is 5.40. The van der Waals surface area contributed by atoms with Gasteiger partial charge in [-0.2, -0.15) is 0 Å². The minimum absolute atomic E-state index is 0.110. The lowest BCUT2D eigenvalue weighted by molar-refractivity contribution is 0.211. The molecule has 1 heterocycles. The van der Waals surface area contributed by atoms with Crippen molar-refractivity contribution in [3.63, 3.8) is 0 Å². The molecule has 0 spiro atoms. The maximum Gasteiger partial charge on any atom is 0.151 e. The van der Waals surface area contributed by atoms with E-state index in [2.05, 4.69) is 4.90 Å². The number of sulfone groups is 1. The molecule has 0 bridgehead atoms. The zero-order valence-corrected chi connectivity index (χ0v) is 11.7. The van der Waals surface area contributed by atoms with Crippen LogP contribution in [-0.4, -0.2) is 49.4 Å². The van der Waals surface area contributed by atoms with Gasteiger partial charge in [-0.3, -0.25) is 0 Å². The summed E-state index contributed by atoms with van der Waals surface area (Å²) in [6, 6.07) is 0.110. The zero-order valence-electron chi connectivity index (χ0n) is 10.1. The van der Waals surface area contributed by atoms with Gasteiger partial charge in [0, 0.05) is 18.0 Å². The molecule has 1 aliphatic heterocycles. The van der Waals surface area contributed by atoms with E-state index in [4.69, 9.17) is 18.0 Å². The van der Waals surface area contributed by atoms with E-state index in [1.807, 2.05) is 20.9 Å². The Morgan fingerprint density at radius 2 is 2.12 bits per heavy atom. The third-order valence-corrected chi connectivity index (χ3v) is 5.45. The predicted octanol–water partition coefficient (Wildman–Crippen LogP) is 0.418. The van der Waals surface area contributed by atoms with Crippen LogP contribution in [0.1, 0.15) is 20.3 Å². The molecule has 6 heteroatoms. The molecular weight excluding hydrogens is 244 g/mol. The first-order valence-corrected chi connectivity index (χ1v) is 7.57. The minimum Gasteiger partial charge on any atom is -0.393 e. The maximum atomic E-state index is 11.4. The molecule has 0 aliphatic carbocycles. The van der Waals surface area contributed by atoms with E-state index in [1.165, 1.54) is 0 Å². The van der Waals surface area contributed by atoms with Gasteiger partial charge in [0.1, 0.15) is 0 Å². The molecule has 94 valence electrons. The van der Waals surface area contributed by atoms with Crippen molar-refractivity contribution >= 4 is 27.0 Å². The van der Waals surface area contributed by atoms with Crippen molar-refractivity contribution in [3.05, 3.63) is 0 Å². The van der Waals surface area contributed by atoms with Gasteiger partial charge in [0.15, 0.2) is 9.84 Å². The van der Waals surface area contributed by atoms with Crippen LogP contribution in [0.4, 0.5) is 0 Å². The van der Waals surface area contributed by atoms with Gasteiger partial charge in [0.05, 0.1) is 16.5 Å². The fourth-order valence-corrected chi connectivity index (χ4v) is 3.82. The highest BCUT2D eigenvalue weighted by atomic mass is 32.2. The second kappa shape index (κ2) is 4.58. The van der Waals surface area contributed by atoms with Gasteiger partial charge in [0.25, 0.3) is 0 Å². The molecule has 1 unspecified atom stereocenters. The number of nitrogens with two attached hydrogens (primary N) is 1. The first-order chi connectivity index (χ1) is 7.14. The van der Waals surface area contributed by atoms with Gasteiger partial charge in [-0.1, -0.05) is 26.1 Å². The average molecular weight is 264 g/mol. The highest BCUT2D eigenvalue weighted by molar-refractivity contribution is 7.91. The molecule has 16 heavy (non-hydrogen) atoms. The molecule has 0 amide bonds.